The van der Waals surface area contributed by atoms with E-state index in [0.29, 0.717) is 12.0 Å². The molecular formula is C14H16ClN3. The fourth-order valence-electron chi connectivity index (χ4n) is 2.48. The van der Waals surface area contributed by atoms with Crippen molar-refractivity contribution in [3.05, 3.63) is 52.8 Å². The summed E-state index contributed by atoms with van der Waals surface area (Å²) in [6.07, 6.45) is 6.12. The van der Waals surface area contributed by atoms with Crippen LogP contribution in [0.5, 0.6) is 0 Å². The quantitative estimate of drug-likeness (QED) is 0.888. The summed E-state index contributed by atoms with van der Waals surface area (Å²) in [5.74, 6) is 0.612. The lowest BCUT2D eigenvalue weighted by Crippen LogP contribution is -2.39. The van der Waals surface area contributed by atoms with Gasteiger partial charge in [-0.1, -0.05) is 29.8 Å². The number of rotatable bonds is 4. The van der Waals surface area contributed by atoms with E-state index in [4.69, 9.17) is 11.6 Å². The normalized spacial score (nSPS) is 22.7. The van der Waals surface area contributed by atoms with Gasteiger partial charge in [-0.3, -0.25) is 5.10 Å². The lowest BCUT2D eigenvalue weighted by Gasteiger charge is -2.36. The summed E-state index contributed by atoms with van der Waals surface area (Å²) < 4.78 is 0. The van der Waals surface area contributed by atoms with Crippen LogP contribution in [0.4, 0.5) is 0 Å². The molecule has 0 unspecified atom stereocenters. The molecule has 2 N–H and O–H groups in total. The van der Waals surface area contributed by atoms with Crippen LogP contribution in [-0.2, 0) is 6.54 Å². The average Bonchev–Trinajstić information content (AvgIpc) is 2.82. The molecule has 0 aliphatic heterocycles. The molecule has 3 rings (SSSR count). The molecule has 3 nitrogen and oxygen atoms in total. The Morgan fingerprint density at radius 3 is 2.89 bits per heavy atom. The van der Waals surface area contributed by atoms with Crippen LogP contribution in [-0.4, -0.2) is 16.2 Å². The maximum Gasteiger partial charge on any atom is 0.0532 e. The summed E-state index contributed by atoms with van der Waals surface area (Å²) in [4.78, 5) is 0. The van der Waals surface area contributed by atoms with Gasteiger partial charge in [-0.05, 0) is 30.4 Å². The van der Waals surface area contributed by atoms with Gasteiger partial charge in [-0.25, -0.2) is 0 Å². The van der Waals surface area contributed by atoms with E-state index in [-0.39, 0.29) is 0 Å². The molecule has 1 fully saturated rings. The fourth-order valence-corrected chi connectivity index (χ4v) is 2.77. The number of hydrogen-bond donors (Lipinski definition) is 2. The maximum absolute atomic E-state index is 6.20. The van der Waals surface area contributed by atoms with Crippen LogP contribution < -0.4 is 5.32 Å². The highest BCUT2D eigenvalue weighted by Crippen LogP contribution is 2.39. The highest BCUT2D eigenvalue weighted by molar-refractivity contribution is 6.31. The number of hydrogen-bond acceptors (Lipinski definition) is 2. The van der Waals surface area contributed by atoms with Crippen LogP contribution in [0.25, 0.3) is 0 Å². The summed E-state index contributed by atoms with van der Waals surface area (Å²) in [6, 6.07) is 8.76. The van der Waals surface area contributed by atoms with Gasteiger partial charge in [-0.2, -0.15) is 5.10 Å². The van der Waals surface area contributed by atoms with Crippen LogP contribution in [0.3, 0.4) is 0 Å². The first-order valence-electron chi connectivity index (χ1n) is 6.28. The van der Waals surface area contributed by atoms with Crippen molar-refractivity contribution < 1.29 is 0 Å². The van der Waals surface area contributed by atoms with Gasteiger partial charge in [0, 0.05) is 29.4 Å². The Hall–Kier alpha value is -1.32. The van der Waals surface area contributed by atoms with Crippen LogP contribution in [0, 0.1) is 0 Å². The Bertz CT molecular complexity index is 504. The molecule has 18 heavy (non-hydrogen) atoms. The van der Waals surface area contributed by atoms with Gasteiger partial charge in [0.15, 0.2) is 0 Å². The molecule has 1 aromatic heterocycles. The first-order chi connectivity index (χ1) is 8.83. The van der Waals surface area contributed by atoms with Gasteiger partial charge in [-0.15, -0.1) is 0 Å². The second-order valence-corrected chi connectivity index (χ2v) is 5.28. The van der Waals surface area contributed by atoms with Crippen molar-refractivity contribution in [1.29, 1.82) is 0 Å². The average molecular weight is 262 g/mol. The number of H-pyrrole nitrogens is 1. The van der Waals surface area contributed by atoms with Gasteiger partial charge in [0.1, 0.15) is 0 Å². The van der Waals surface area contributed by atoms with E-state index in [2.05, 4.69) is 27.6 Å². The molecule has 0 saturated heterocycles. The molecule has 1 saturated carbocycles. The Balaban J connectivity index is 1.50. The topological polar surface area (TPSA) is 40.7 Å². The minimum absolute atomic E-state index is 0.598. The molecule has 0 atom stereocenters. The molecule has 94 valence electrons. The van der Waals surface area contributed by atoms with Gasteiger partial charge < -0.3 is 5.32 Å². The molecule has 2 aromatic rings. The lowest BCUT2D eigenvalue weighted by molar-refractivity contribution is 0.289. The Morgan fingerprint density at radius 2 is 2.17 bits per heavy atom. The zero-order chi connectivity index (χ0) is 12.4. The number of nitrogens with zero attached hydrogens (tertiary/aromatic N) is 1. The molecule has 1 aliphatic carbocycles. The lowest BCUT2D eigenvalue weighted by atomic mass is 9.76. The third-order valence-corrected chi connectivity index (χ3v) is 3.98. The second kappa shape index (κ2) is 5.12. The Kier molecular flexibility index (Phi) is 3.35. The SMILES string of the molecule is Clc1ccccc1C1CC(NCc2cn[nH]c2)C1. The third-order valence-electron chi connectivity index (χ3n) is 3.63. The number of aromatic amines is 1. The predicted molar refractivity (Wildman–Crippen MR) is 72.6 cm³/mol. The van der Waals surface area contributed by atoms with Crippen LogP contribution >= 0.6 is 11.6 Å². The number of benzene rings is 1. The highest BCUT2D eigenvalue weighted by atomic mass is 35.5. The minimum atomic E-state index is 0.598. The monoisotopic (exact) mass is 261 g/mol. The molecule has 0 radical (unpaired) electrons. The number of aromatic nitrogens is 2. The second-order valence-electron chi connectivity index (χ2n) is 4.87. The highest BCUT2D eigenvalue weighted by Gasteiger charge is 2.30. The maximum atomic E-state index is 6.20. The van der Waals surface area contributed by atoms with E-state index in [1.54, 1.807) is 0 Å². The van der Waals surface area contributed by atoms with E-state index in [0.717, 1.165) is 11.6 Å². The first kappa shape index (κ1) is 11.8. The zero-order valence-electron chi connectivity index (χ0n) is 10.1. The predicted octanol–water partition coefficient (Wildman–Crippen LogP) is 3.10. The largest absolute Gasteiger partial charge is 0.310 e. The first-order valence-corrected chi connectivity index (χ1v) is 6.66. The summed E-state index contributed by atoms with van der Waals surface area (Å²) >= 11 is 6.20. The fraction of sp³-hybridized carbons (Fsp3) is 0.357. The summed E-state index contributed by atoms with van der Waals surface area (Å²) in [6.45, 7) is 0.885. The molecule has 4 heteroatoms. The van der Waals surface area contributed by atoms with Crippen molar-refractivity contribution in [2.45, 2.75) is 31.3 Å². The Morgan fingerprint density at radius 1 is 1.33 bits per heavy atom. The summed E-state index contributed by atoms with van der Waals surface area (Å²) in [5, 5.41) is 11.2. The van der Waals surface area contributed by atoms with E-state index in [1.807, 2.05) is 24.5 Å². The standard InChI is InChI=1S/C14H16ClN3/c15-14-4-2-1-3-13(14)11-5-12(6-11)16-7-10-8-17-18-9-10/h1-4,8-9,11-12,16H,5-7H2,(H,17,18). The van der Waals surface area contributed by atoms with Crippen molar-refractivity contribution in [2.24, 2.45) is 0 Å². The van der Waals surface area contributed by atoms with Gasteiger partial charge in [0.25, 0.3) is 0 Å². The molecule has 1 heterocycles. The van der Waals surface area contributed by atoms with E-state index < -0.39 is 0 Å². The molecule has 0 amide bonds. The van der Waals surface area contributed by atoms with Gasteiger partial charge in [0.2, 0.25) is 0 Å². The summed E-state index contributed by atoms with van der Waals surface area (Å²) in [7, 11) is 0. The van der Waals surface area contributed by atoms with Crippen molar-refractivity contribution in [2.75, 3.05) is 0 Å². The van der Waals surface area contributed by atoms with Crippen LogP contribution in [0.2, 0.25) is 5.02 Å². The van der Waals surface area contributed by atoms with E-state index >= 15 is 0 Å². The molecule has 0 spiro atoms. The number of nitrogens with one attached hydrogen (secondary N) is 2. The smallest absolute Gasteiger partial charge is 0.0532 e. The minimum Gasteiger partial charge on any atom is -0.310 e. The van der Waals surface area contributed by atoms with Gasteiger partial charge >= 0.3 is 0 Å². The van der Waals surface area contributed by atoms with Crippen molar-refractivity contribution >= 4 is 11.6 Å². The third kappa shape index (κ3) is 2.42. The van der Waals surface area contributed by atoms with Crippen molar-refractivity contribution in [3.8, 4) is 0 Å². The van der Waals surface area contributed by atoms with E-state index in [9.17, 15) is 0 Å². The van der Waals surface area contributed by atoms with Gasteiger partial charge in [0.05, 0.1) is 6.20 Å². The van der Waals surface area contributed by atoms with Crippen LogP contribution in [0.1, 0.15) is 29.9 Å². The van der Waals surface area contributed by atoms with Crippen LogP contribution in [0.15, 0.2) is 36.7 Å². The molecular weight excluding hydrogens is 246 g/mol. The van der Waals surface area contributed by atoms with Crippen molar-refractivity contribution in [3.63, 3.8) is 0 Å². The Labute approximate surface area is 112 Å². The molecule has 1 aliphatic rings. The zero-order valence-corrected chi connectivity index (χ0v) is 10.8. The van der Waals surface area contributed by atoms with E-state index in [1.165, 1.54) is 24.0 Å². The molecule has 1 aromatic carbocycles. The summed E-state index contributed by atoms with van der Waals surface area (Å²) in [5.41, 5.74) is 2.50. The van der Waals surface area contributed by atoms with Crippen molar-refractivity contribution in [1.82, 2.24) is 15.5 Å². The molecule has 0 bridgehead atoms. The number of halogens is 1.